The van der Waals surface area contributed by atoms with Crippen molar-refractivity contribution in [2.75, 3.05) is 6.54 Å². The number of amides is 1. The Kier molecular flexibility index (Phi) is 10.7. The molecule has 0 saturated heterocycles. The maximum absolute atomic E-state index is 12.3. The van der Waals surface area contributed by atoms with E-state index in [0.717, 1.165) is 31.8 Å². The van der Waals surface area contributed by atoms with Crippen molar-refractivity contribution in [1.29, 1.82) is 0 Å². The highest BCUT2D eigenvalue weighted by molar-refractivity contribution is 14.0. The number of benzene rings is 1. The van der Waals surface area contributed by atoms with Crippen LogP contribution in [0.4, 0.5) is 0 Å². The molecule has 2 rings (SSSR count). The topological polar surface area (TPSA) is 70.7 Å². The highest BCUT2D eigenvalue weighted by Gasteiger charge is 2.22. The van der Waals surface area contributed by atoms with Gasteiger partial charge in [-0.3, -0.25) is 9.79 Å². The molecule has 0 fully saturated rings. The number of hydrogen-bond donors (Lipinski definition) is 2. The molecule has 1 unspecified atom stereocenters. The van der Waals surface area contributed by atoms with Crippen molar-refractivity contribution in [3.05, 3.63) is 35.4 Å². The summed E-state index contributed by atoms with van der Waals surface area (Å²) in [6.45, 7) is 8.68. The summed E-state index contributed by atoms with van der Waals surface area (Å²) in [5.74, 6) is 1.43. The molecule has 0 bridgehead atoms. The van der Waals surface area contributed by atoms with Crippen molar-refractivity contribution < 1.29 is 4.79 Å². The summed E-state index contributed by atoms with van der Waals surface area (Å²) < 4.78 is 0. The van der Waals surface area contributed by atoms with Crippen LogP contribution in [0.2, 0.25) is 0 Å². The lowest BCUT2D eigenvalue weighted by molar-refractivity contribution is -0.131. The molecule has 0 saturated carbocycles. The van der Waals surface area contributed by atoms with E-state index < -0.39 is 0 Å². The smallest absolute Gasteiger partial charge is 0.223 e. The lowest BCUT2D eigenvalue weighted by Crippen LogP contribution is -2.38. The van der Waals surface area contributed by atoms with Crippen molar-refractivity contribution >= 4 is 35.8 Å². The van der Waals surface area contributed by atoms with Crippen molar-refractivity contribution in [2.24, 2.45) is 16.6 Å². The van der Waals surface area contributed by atoms with Crippen LogP contribution < -0.4 is 11.1 Å². The first-order chi connectivity index (χ1) is 12.5. The minimum atomic E-state index is 0. The molecule has 5 nitrogen and oxygen atoms in total. The monoisotopic (exact) mass is 486 g/mol. The minimum Gasteiger partial charge on any atom is -0.370 e. The molecule has 1 amide bonds. The third-order valence-corrected chi connectivity index (χ3v) is 4.84. The summed E-state index contributed by atoms with van der Waals surface area (Å²) >= 11 is 0. The van der Waals surface area contributed by atoms with E-state index in [1.165, 1.54) is 24.0 Å². The fourth-order valence-corrected chi connectivity index (χ4v) is 3.30. The third kappa shape index (κ3) is 8.49. The molecule has 6 heteroatoms. The standard InChI is InChI=1S/C21H34N4O.HI/c1-16(2)8-6-9-17(3)24-21(22)23-13-7-12-20(26)25-14-18-10-4-5-11-19(18)15-25;/h4-5,10-11,16-17H,6-9,12-15H2,1-3H3,(H3,22,23,24);1H. The van der Waals surface area contributed by atoms with Gasteiger partial charge < -0.3 is 16.0 Å². The second-order valence-corrected chi connectivity index (χ2v) is 7.76. The van der Waals surface area contributed by atoms with Gasteiger partial charge in [0.05, 0.1) is 0 Å². The fourth-order valence-electron chi connectivity index (χ4n) is 3.30. The summed E-state index contributed by atoms with van der Waals surface area (Å²) in [5.41, 5.74) is 8.47. The van der Waals surface area contributed by atoms with Crippen LogP contribution in [0.25, 0.3) is 0 Å². The number of halogens is 1. The molecule has 1 heterocycles. The van der Waals surface area contributed by atoms with E-state index in [-0.39, 0.29) is 29.9 Å². The molecule has 1 aliphatic rings. The van der Waals surface area contributed by atoms with E-state index in [0.29, 0.717) is 25.0 Å². The average Bonchev–Trinajstić information content (AvgIpc) is 3.02. The zero-order chi connectivity index (χ0) is 18.9. The molecule has 1 aliphatic heterocycles. The molecule has 1 atom stereocenters. The van der Waals surface area contributed by atoms with Crippen LogP contribution in [0.1, 0.15) is 64.0 Å². The number of hydrogen-bond acceptors (Lipinski definition) is 2. The van der Waals surface area contributed by atoms with Gasteiger partial charge in [-0.05, 0) is 36.8 Å². The Morgan fingerprint density at radius 2 is 1.78 bits per heavy atom. The molecular weight excluding hydrogens is 451 g/mol. The SMILES string of the molecule is CC(C)CCCC(C)NC(N)=NCCCC(=O)N1Cc2ccccc2C1.I. The Morgan fingerprint density at radius 1 is 1.15 bits per heavy atom. The van der Waals surface area contributed by atoms with Crippen molar-refractivity contribution in [1.82, 2.24) is 10.2 Å². The van der Waals surface area contributed by atoms with Gasteiger partial charge in [-0.1, -0.05) is 51.0 Å². The maximum atomic E-state index is 12.3. The van der Waals surface area contributed by atoms with Gasteiger partial charge in [0.25, 0.3) is 0 Å². The second-order valence-electron chi connectivity index (χ2n) is 7.76. The molecule has 27 heavy (non-hydrogen) atoms. The van der Waals surface area contributed by atoms with Gasteiger partial charge in [-0.15, -0.1) is 24.0 Å². The molecule has 1 aromatic rings. The molecular formula is C21H35IN4O. The van der Waals surface area contributed by atoms with Gasteiger partial charge in [0.2, 0.25) is 5.91 Å². The van der Waals surface area contributed by atoms with Crippen molar-refractivity contribution in [3.63, 3.8) is 0 Å². The van der Waals surface area contributed by atoms with E-state index in [1.807, 2.05) is 17.0 Å². The summed E-state index contributed by atoms with van der Waals surface area (Å²) in [7, 11) is 0. The van der Waals surface area contributed by atoms with E-state index in [4.69, 9.17) is 5.73 Å². The fraction of sp³-hybridized carbons (Fsp3) is 0.619. The van der Waals surface area contributed by atoms with E-state index in [9.17, 15) is 4.79 Å². The molecule has 152 valence electrons. The predicted octanol–water partition coefficient (Wildman–Crippen LogP) is 4.05. The first-order valence-corrected chi connectivity index (χ1v) is 9.86. The maximum Gasteiger partial charge on any atom is 0.223 e. The molecule has 0 aromatic heterocycles. The first-order valence-electron chi connectivity index (χ1n) is 9.86. The first kappa shape index (κ1) is 23.7. The van der Waals surface area contributed by atoms with Gasteiger partial charge in [-0.25, -0.2) is 0 Å². The number of nitrogens with zero attached hydrogens (tertiary/aromatic N) is 2. The van der Waals surface area contributed by atoms with Gasteiger partial charge in [-0.2, -0.15) is 0 Å². The van der Waals surface area contributed by atoms with Crippen LogP contribution >= 0.6 is 24.0 Å². The quantitative estimate of drug-likeness (QED) is 0.240. The van der Waals surface area contributed by atoms with E-state index >= 15 is 0 Å². The number of fused-ring (bicyclic) bond motifs is 1. The van der Waals surface area contributed by atoms with Crippen LogP contribution in [0.3, 0.4) is 0 Å². The summed E-state index contributed by atoms with van der Waals surface area (Å²) in [4.78, 5) is 18.6. The van der Waals surface area contributed by atoms with E-state index in [2.05, 4.69) is 43.2 Å². The van der Waals surface area contributed by atoms with Crippen LogP contribution in [0.15, 0.2) is 29.3 Å². The molecule has 0 radical (unpaired) electrons. The van der Waals surface area contributed by atoms with Gasteiger partial charge in [0.1, 0.15) is 0 Å². The molecule has 3 N–H and O–H groups in total. The Bertz CT molecular complexity index is 593. The Labute approximate surface area is 181 Å². The lowest BCUT2D eigenvalue weighted by atomic mass is 10.0. The van der Waals surface area contributed by atoms with Gasteiger partial charge >= 0.3 is 0 Å². The Morgan fingerprint density at radius 3 is 2.37 bits per heavy atom. The highest BCUT2D eigenvalue weighted by atomic mass is 127. The number of rotatable bonds is 9. The largest absolute Gasteiger partial charge is 0.370 e. The third-order valence-electron chi connectivity index (χ3n) is 4.84. The van der Waals surface area contributed by atoms with Crippen LogP contribution in [-0.2, 0) is 17.9 Å². The highest BCUT2D eigenvalue weighted by Crippen LogP contribution is 2.22. The Hall–Kier alpha value is -1.31. The molecule has 0 spiro atoms. The molecule has 1 aromatic carbocycles. The predicted molar refractivity (Wildman–Crippen MR) is 123 cm³/mol. The number of carbonyl (C=O) groups is 1. The number of guanidine groups is 1. The normalized spacial score (nSPS) is 14.7. The summed E-state index contributed by atoms with van der Waals surface area (Å²) in [6.07, 6.45) is 4.80. The van der Waals surface area contributed by atoms with Crippen LogP contribution in [0.5, 0.6) is 0 Å². The Balaban J connectivity index is 0.00000364. The minimum absolute atomic E-state index is 0. The zero-order valence-corrected chi connectivity index (χ0v) is 19.2. The number of carbonyl (C=O) groups excluding carboxylic acids is 1. The van der Waals surface area contributed by atoms with Gasteiger partial charge in [0.15, 0.2) is 5.96 Å². The van der Waals surface area contributed by atoms with E-state index in [1.54, 1.807) is 0 Å². The van der Waals surface area contributed by atoms with Crippen LogP contribution in [-0.4, -0.2) is 29.4 Å². The van der Waals surface area contributed by atoms with Crippen LogP contribution in [0, 0.1) is 5.92 Å². The van der Waals surface area contributed by atoms with Crippen molar-refractivity contribution in [3.8, 4) is 0 Å². The van der Waals surface area contributed by atoms with Crippen molar-refractivity contribution in [2.45, 2.75) is 72.0 Å². The lowest BCUT2D eigenvalue weighted by Gasteiger charge is -2.16. The number of nitrogens with one attached hydrogen (secondary N) is 1. The number of aliphatic imine (C=N–C) groups is 1. The van der Waals surface area contributed by atoms with Gasteiger partial charge in [0, 0.05) is 32.1 Å². The molecule has 0 aliphatic carbocycles. The summed E-state index contributed by atoms with van der Waals surface area (Å²) in [5, 5.41) is 3.24. The number of nitrogens with two attached hydrogens (primary N) is 1. The second kappa shape index (κ2) is 12.2. The average molecular weight is 486 g/mol. The summed E-state index contributed by atoms with van der Waals surface area (Å²) in [6, 6.07) is 8.59. The zero-order valence-electron chi connectivity index (χ0n) is 16.9.